The number of nitrogens with zero attached hydrogens (tertiary/aromatic N) is 1. The number of hydrogen-bond acceptors (Lipinski definition) is 8. The molecule has 38 heavy (non-hydrogen) atoms. The Morgan fingerprint density at radius 3 is 1.92 bits per heavy atom. The van der Waals surface area contributed by atoms with Crippen LogP contribution >= 0.6 is 0 Å². The van der Waals surface area contributed by atoms with E-state index in [9.17, 15) is 9.59 Å². The highest BCUT2D eigenvalue weighted by atomic mass is 16.7. The average molecular weight is 542 g/mol. The van der Waals surface area contributed by atoms with Crippen LogP contribution in [0.5, 0.6) is 0 Å². The summed E-state index contributed by atoms with van der Waals surface area (Å²) in [5.41, 5.74) is 0. The summed E-state index contributed by atoms with van der Waals surface area (Å²) in [7, 11) is 0. The molecule has 0 heterocycles. The zero-order chi connectivity index (χ0) is 28.3. The first-order chi connectivity index (χ1) is 18.5. The number of carbonyl (C=O) groups is 2. The summed E-state index contributed by atoms with van der Waals surface area (Å²) in [6.45, 7) is 15.1. The van der Waals surface area contributed by atoms with Crippen molar-refractivity contribution < 1.29 is 33.3 Å². The SMILES string of the molecule is CC/C=C\CCOC(CCCCC(=O)OCC(C)COC(=O)OCCCN(CC)CC)OCC/C=C\CC. The Bertz CT molecular complexity index is 600. The molecule has 0 saturated carbocycles. The molecule has 0 spiro atoms. The van der Waals surface area contributed by atoms with E-state index in [1.165, 1.54) is 0 Å². The van der Waals surface area contributed by atoms with Crippen molar-refractivity contribution >= 4 is 12.1 Å². The Morgan fingerprint density at radius 1 is 0.737 bits per heavy atom. The minimum Gasteiger partial charge on any atom is -0.465 e. The lowest BCUT2D eigenvalue weighted by Gasteiger charge is -2.18. The van der Waals surface area contributed by atoms with E-state index < -0.39 is 6.16 Å². The fourth-order valence-corrected chi connectivity index (χ4v) is 3.49. The average Bonchev–Trinajstić information content (AvgIpc) is 2.92. The van der Waals surface area contributed by atoms with E-state index in [4.69, 9.17) is 23.7 Å². The minimum absolute atomic E-state index is 0.100. The molecule has 0 bridgehead atoms. The maximum absolute atomic E-state index is 12.1. The van der Waals surface area contributed by atoms with Crippen molar-refractivity contribution in [2.24, 2.45) is 5.92 Å². The highest BCUT2D eigenvalue weighted by Gasteiger charge is 2.13. The third kappa shape index (κ3) is 23.2. The van der Waals surface area contributed by atoms with Crippen LogP contribution in [0.3, 0.4) is 0 Å². The Labute approximate surface area is 232 Å². The Kier molecular flexibility index (Phi) is 25.4. The summed E-state index contributed by atoms with van der Waals surface area (Å²) >= 11 is 0. The van der Waals surface area contributed by atoms with E-state index in [1.807, 2.05) is 6.92 Å². The monoisotopic (exact) mass is 541 g/mol. The van der Waals surface area contributed by atoms with Gasteiger partial charge < -0.3 is 28.6 Å². The maximum Gasteiger partial charge on any atom is 0.508 e. The summed E-state index contributed by atoms with van der Waals surface area (Å²) in [6.07, 6.45) is 14.7. The van der Waals surface area contributed by atoms with Gasteiger partial charge in [-0.1, -0.05) is 58.9 Å². The molecular weight excluding hydrogens is 486 g/mol. The standard InChI is InChI=1S/C30H55NO7/c1-6-10-12-16-22-34-29(35-23-17-13-11-7-2)20-15-14-19-28(32)37-25-27(5)26-38-30(33)36-24-18-21-31(8-3)9-4/h10-13,27,29H,6-9,14-26H2,1-5H3/b12-10-,13-11-. The van der Waals surface area contributed by atoms with E-state index in [0.29, 0.717) is 32.7 Å². The molecule has 0 N–H and O–H groups in total. The predicted molar refractivity (Wildman–Crippen MR) is 152 cm³/mol. The van der Waals surface area contributed by atoms with Gasteiger partial charge in [0.05, 0.1) is 26.4 Å². The topological polar surface area (TPSA) is 83.5 Å². The number of unbranched alkanes of at least 4 members (excludes halogenated alkanes) is 1. The quantitative estimate of drug-likeness (QED) is 0.0547. The van der Waals surface area contributed by atoms with Crippen molar-refractivity contribution in [3.05, 3.63) is 24.3 Å². The molecule has 0 aliphatic carbocycles. The van der Waals surface area contributed by atoms with Crippen LogP contribution in [0.2, 0.25) is 0 Å². The van der Waals surface area contributed by atoms with Crippen LogP contribution < -0.4 is 0 Å². The maximum atomic E-state index is 12.1. The van der Waals surface area contributed by atoms with Crippen LogP contribution in [0.4, 0.5) is 4.79 Å². The van der Waals surface area contributed by atoms with E-state index in [-0.39, 0.29) is 31.4 Å². The van der Waals surface area contributed by atoms with Crippen molar-refractivity contribution in [3.8, 4) is 0 Å². The van der Waals surface area contributed by atoms with Gasteiger partial charge in [-0.25, -0.2) is 4.79 Å². The molecule has 0 aromatic rings. The molecule has 1 atom stereocenters. The van der Waals surface area contributed by atoms with Gasteiger partial charge in [-0.15, -0.1) is 0 Å². The van der Waals surface area contributed by atoms with E-state index in [2.05, 4.69) is 56.9 Å². The second-order valence-electron chi connectivity index (χ2n) is 9.33. The first-order valence-electron chi connectivity index (χ1n) is 14.7. The van der Waals surface area contributed by atoms with Crippen LogP contribution in [0, 0.1) is 5.92 Å². The van der Waals surface area contributed by atoms with Crippen LogP contribution in [0.1, 0.15) is 92.4 Å². The second-order valence-corrected chi connectivity index (χ2v) is 9.33. The largest absolute Gasteiger partial charge is 0.508 e. The van der Waals surface area contributed by atoms with Crippen LogP contribution in [0.25, 0.3) is 0 Å². The van der Waals surface area contributed by atoms with Crippen LogP contribution in [0.15, 0.2) is 24.3 Å². The normalized spacial score (nSPS) is 12.6. The Hall–Kier alpha value is -1.90. The first-order valence-corrected chi connectivity index (χ1v) is 14.7. The Balaban J connectivity index is 4.03. The molecule has 8 nitrogen and oxygen atoms in total. The summed E-state index contributed by atoms with van der Waals surface area (Å²) in [5.74, 6) is -0.347. The van der Waals surface area contributed by atoms with Gasteiger partial charge in [-0.05, 0) is 64.5 Å². The molecule has 0 aromatic carbocycles. The number of ether oxygens (including phenoxy) is 5. The fraction of sp³-hybridized carbons (Fsp3) is 0.800. The predicted octanol–water partition coefficient (Wildman–Crippen LogP) is 6.68. The summed E-state index contributed by atoms with van der Waals surface area (Å²) < 4.78 is 27.4. The van der Waals surface area contributed by atoms with Gasteiger partial charge in [0, 0.05) is 18.9 Å². The third-order valence-electron chi connectivity index (χ3n) is 5.80. The number of hydrogen-bond donors (Lipinski definition) is 0. The number of carbonyl (C=O) groups excluding carboxylic acids is 2. The smallest absolute Gasteiger partial charge is 0.465 e. The molecule has 8 heteroatoms. The van der Waals surface area contributed by atoms with Crippen molar-refractivity contribution in [1.29, 1.82) is 0 Å². The molecule has 1 unspecified atom stereocenters. The van der Waals surface area contributed by atoms with Gasteiger partial charge in [0.25, 0.3) is 0 Å². The molecule has 0 rings (SSSR count). The molecule has 0 aliphatic rings. The lowest BCUT2D eigenvalue weighted by molar-refractivity contribution is -0.148. The van der Waals surface area contributed by atoms with Gasteiger partial charge in [0.1, 0.15) is 6.61 Å². The van der Waals surface area contributed by atoms with Crippen LogP contribution in [-0.4, -0.2) is 76.0 Å². The summed E-state index contributed by atoms with van der Waals surface area (Å²) in [4.78, 5) is 26.1. The first kappa shape index (κ1) is 36.1. The number of allylic oxidation sites excluding steroid dienone is 2. The summed E-state index contributed by atoms with van der Waals surface area (Å²) in [6, 6.07) is 0. The molecule has 0 amide bonds. The van der Waals surface area contributed by atoms with Gasteiger partial charge in [-0.2, -0.15) is 0 Å². The minimum atomic E-state index is -0.676. The van der Waals surface area contributed by atoms with E-state index in [0.717, 1.165) is 64.6 Å². The molecule has 222 valence electrons. The number of rotatable bonds is 25. The Morgan fingerprint density at radius 2 is 1.34 bits per heavy atom. The molecule has 0 aromatic heterocycles. The van der Waals surface area contributed by atoms with Gasteiger partial charge in [0.15, 0.2) is 6.29 Å². The highest BCUT2D eigenvalue weighted by Crippen LogP contribution is 2.11. The van der Waals surface area contributed by atoms with Crippen LogP contribution in [-0.2, 0) is 28.5 Å². The molecule has 0 fully saturated rings. The fourth-order valence-electron chi connectivity index (χ4n) is 3.49. The molecular formula is C30H55NO7. The van der Waals surface area contributed by atoms with Crippen molar-refractivity contribution in [2.45, 2.75) is 98.7 Å². The molecule has 0 aliphatic heterocycles. The second kappa shape index (κ2) is 26.7. The van der Waals surface area contributed by atoms with Crippen molar-refractivity contribution in [2.75, 3.05) is 52.7 Å². The number of esters is 1. The summed E-state index contributed by atoms with van der Waals surface area (Å²) in [5, 5.41) is 0. The molecule has 0 radical (unpaired) electrons. The highest BCUT2D eigenvalue weighted by molar-refractivity contribution is 5.69. The van der Waals surface area contributed by atoms with E-state index in [1.54, 1.807) is 0 Å². The third-order valence-corrected chi connectivity index (χ3v) is 5.80. The van der Waals surface area contributed by atoms with E-state index >= 15 is 0 Å². The lowest BCUT2D eigenvalue weighted by atomic mass is 10.2. The van der Waals surface area contributed by atoms with Gasteiger partial charge in [0.2, 0.25) is 0 Å². The molecule has 0 saturated heterocycles. The van der Waals surface area contributed by atoms with Gasteiger partial charge >= 0.3 is 12.1 Å². The lowest BCUT2D eigenvalue weighted by Crippen LogP contribution is -2.25. The van der Waals surface area contributed by atoms with Crippen molar-refractivity contribution in [1.82, 2.24) is 4.90 Å². The van der Waals surface area contributed by atoms with Crippen molar-refractivity contribution in [3.63, 3.8) is 0 Å². The zero-order valence-corrected chi connectivity index (χ0v) is 24.8. The zero-order valence-electron chi connectivity index (χ0n) is 24.8. The van der Waals surface area contributed by atoms with Gasteiger partial charge in [-0.3, -0.25) is 4.79 Å².